The summed E-state index contributed by atoms with van der Waals surface area (Å²) in [5, 5.41) is 18.1. The van der Waals surface area contributed by atoms with Gasteiger partial charge in [0.05, 0.1) is 23.1 Å². The third-order valence-corrected chi connectivity index (χ3v) is 5.11. The fraction of sp³-hybridized carbons (Fsp3) is 0.500. The standard InChI is InChI=1S/C8H12ClNO4S2/c1-5(12)6(4-11)10-16(13,14)8-3-2-7(9)15-8/h2-3,5-6,10-12H,4H2,1H3/t5-,6-/m1/s1. The fourth-order valence-corrected chi connectivity index (χ4v) is 3.79. The van der Waals surface area contributed by atoms with Crippen molar-refractivity contribution in [3.63, 3.8) is 0 Å². The fourth-order valence-electron chi connectivity index (χ4n) is 0.988. The highest BCUT2D eigenvalue weighted by atomic mass is 35.5. The number of aliphatic hydroxyl groups is 2. The van der Waals surface area contributed by atoms with E-state index in [0.717, 1.165) is 11.3 Å². The van der Waals surface area contributed by atoms with Gasteiger partial charge in [-0.1, -0.05) is 11.6 Å². The maximum atomic E-state index is 11.7. The van der Waals surface area contributed by atoms with E-state index in [0.29, 0.717) is 4.34 Å². The van der Waals surface area contributed by atoms with Crippen LogP contribution in [0.25, 0.3) is 0 Å². The first-order valence-corrected chi connectivity index (χ1v) is 7.11. The van der Waals surface area contributed by atoms with Crippen LogP contribution in [0.3, 0.4) is 0 Å². The van der Waals surface area contributed by atoms with Crippen molar-refractivity contribution in [2.75, 3.05) is 6.61 Å². The van der Waals surface area contributed by atoms with Gasteiger partial charge in [0.2, 0.25) is 0 Å². The normalized spacial score (nSPS) is 16.0. The van der Waals surface area contributed by atoms with Gasteiger partial charge in [0, 0.05) is 0 Å². The van der Waals surface area contributed by atoms with Gasteiger partial charge in [0.1, 0.15) is 4.21 Å². The molecule has 92 valence electrons. The molecule has 0 aliphatic rings. The minimum absolute atomic E-state index is 0.0524. The number of hydrogen-bond donors (Lipinski definition) is 3. The maximum absolute atomic E-state index is 11.7. The van der Waals surface area contributed by atoms with E-state index < -0.39 is 28.8 Å². The zero-order valence-corrected chi connectivity index (χ0v) is 10.8. The van der Waals surface area contributed by atoms with Crippen molar-refractivity contribution in [3.8, 4) is 0 Å². The molecule has 2 atom stereocenters. The van der Waals surface area contributed by atoms with Crippen LogP contribution in [-0.2, 0) is 10.0 Å². The molecule has 0 unspecified atom stereocenters. The molecule has 0 saturated heterocycles. The van der Waals surface area contributed by atoms with E-state index in [-0.39, 0.29) is 4.21 Å². The highest BCUT2D eigenvalue weighted by Crippen LogP contribution is 2.25. The molecule has 0 aromatic carbocycles. The largest absolute Gasteiger partial charge is 0.395 e. The lowest BCUT2D eigenvalue weighted by Crippen LogP contribution is -2.44. The summed E-state index contributed by atoms with van der Waals surface area (Å²) in [7, 11) is -3.73. The number of thiophene rings is 1. The Hall–Kier alpha value is -0.180. The van der Waals surface area contributed by atoms with Crippen LogP contribution in [-0.4, -0.2) is 37.4 Å². The zero-order valence-electron chi connectivity index (χ0n) is 8.42. The molecule has 0 spiro atoms. The molecule has 0 bridgehead atoms. The van der Waals surface area contributed by atoms with Crippen LogP contribution in [0, 0.1) is 0 Å². The number of sulfonamides is 1. The molecule has 1 heterocycles. The maximum Gasteiger partial charge on any atom is 0.250 e. The summed E-state index contributed by atoms with van der Waals surface area (Å²) >= 11 is 6.54. The van der Waals surface area contributed by atoms with Gasteiger partial charge in [-0.3, -0.25) is 0 Å². The second-order valence-corrected chi connectivity index (χ2v) is 6.87. The molecular weight excluding hydrogens is 274 g/mol. The lowest BCUT2D eigenvalue weighted by molar-refractivity contribution is 0.115. The van der Waals surface area contributed by atoms with Crippen LogP contribution < -0.4 is 4.72 Å². The Kier molecular flexibility index (Phi) is 4.72. The quantitative estimate of drug-likeness (QED) is 0.732. The first-order chi connectivity index (χ1) is 7.36. The third kappa shape index (κ3) is 3.41. The van der Waals surface area contributed by atoms with Crippen molar-refractivity contribution in [1.29, 1.82) is 0 Å². The highest BCUT2D eigenvalue weighted by molar-refractivity contribution is 7.91. The van der Waals surface area contributed by atoms with E-state index in [1.165, 1.54) is 19.1 Å². The molecule has 1 rings (SSSR count). The number of rotatable bonds is 5. The van der Waals surface area contributed by atoms with Gasteiger partial charge in [-0.15, -0.1) is 11.3 Å². The number of nitrogens with one attached hydrogen (secondary N) is 1. The Labute approximate surface area is 103 Å². The Morgan fingerprint density at radius 3 is 2.56 bits per heavy atom. The van der Waals surface area contributed by atoms with Crippen LogP contribution in [0.15, 0.2) is 16.3 Å². The van der Waals surface area contributed by atoms with E-state index in [9.17, 15) is 13.5 Å². The number of halogens is 1. The zero-order chi connectivity index (χ0) is 12.3. The van der Waals surface area contributed by atoms with Crippen molar-refractivity contribution in [3.05, 3.63) is 16.5 Å². The van der Waals surface area contributed by atoms with Crippen molar-refractivity contribution in [2.45, 2.75) is 23.3 Å². The summed E-state index contributed by atoms with van der Waals surface area (Å²) in [4.78, 5) is 0. The summed E-state index contributed by atoms with van der Waals surface area (Å²) in [6.45, 7) is 0.917. The Morgan fingerprint density at radius 2 is 2.19 bits per heavy atom. The Morgan fingerprint density at radius 1 is 1.56 bits per heavy atom. The van der Waals surface area contributed by atoms with E-state index in [4.69, 9.17) is 16.7 Å². The second kappa shape index (κ2) is 5.44. The second-order valence-electron chi connectivity index (χ2n) is 3.21. The lowest BCUT2D eigenvalue weighted by Gasteiger charge is -2.18. The smallest absolute Gasteiger partial charge is 0.250 e. The number of aliphatic hydroxyl groups excluding tert-OH is 2. The SMILES string of the molecule is C[C@@H](O)[C@@H](CO)NS(=O)(=O)c1ccc(Cl)s1. The van der Waals surface area contributed by atoms with Gasteiger partial charge in [-0.2, -0.15) is 0 Å². The Bertz CT molecular complexity index is 443. The predicted octanol–water partition coefficient (Wildman–Crippen LogP) is 0.421. The van der Waals surface area contributed by atoms with E-state index in [1.54, 1.807) is 0 Å². The van der Waals surface area contributed by atoms with Crippen molar-refractivity contribution < 1.29 is 18.6 Å². The molecule has 1 aromatic heterocycles. The van der Waals surface area contributed by atoms with E-state index >= 15 is 0 Å². The number of hydrogen-bond acceptors (Lipinski definition) is 5. The molecule has 8 heteroatoms. The molecular formula is C8H12ClNO4S2. The average Bonchev–Trinajstić information content (AvgIpc) is 2.61. The van der Waals surface area contributed by atoms with Crippen LogP contribution in [0.4, 0.5) is 0 Å². The monoisotopic (exact) mass is 285 g/mol. The molecule has 1 aromatic rings. The first-order valence-electron chi connectivity index (χ1n) is 4.43. The molecule has 0 saturated carbocycles. The molecule has 0 aliphatic carbocycles. The minimum atomic E-state index is -3.73. The summed E-state index contributed by atoms with van der Waals surface area (Å²) < 4.78 is 26.1. The molecule has 5 nitrogen and oxygen atoms in total. The van der Waals surface area contributed by atoms with Crippen LogP contribution in [0.2, 0.25) is 4.34 Å². The van der Waals surface area contributed by atoms with E-state index in [2.05, 4.69) is 4.72 Å². The average molecular weight is 286 g/mol. The van der Waals surface area contributed by atoms with Crippen molar-refractivity contribution in [1.82, 2.24) is 4.72 Å². The first kappa shape index (κ1) is 13.9. The highest BCUT2D eigenvalue weighted by Gasteiger charge is 2.24. The van der Waals surface area contributed by atoms with Crippen LogP contribution in [0.1, 0.15) is 6.92 Å². The Balaban J connectivity index is 2.87. The molecule has 3 N–H and O–H groups in total. The molecule has 0 amide bonds. The molecule has 0 aliphatic heterocycles. The molecule has 16 heavy (non-hydrogen) atoms. The van der Waals surface area contributed by atoms with Crippen molar-refractivity contribution in [2.24, 2.45) is 0 Å². The van der Waals surface area contributed by atoms with Gasteiger partial charge < -0.3 is 10.2 Å². The van der Waals surface area contributed by atoms with Gasteiger partial charge in [0.25, 0.3) is 10.0 Å². The van der Waals surface area contributed by atoms with Crippen LogP contribution in [0.5, 0.6) is 0 Å². The minimum Gasteiger partial charge on any atom is -0.395 e. The van der Waals surface area contributed by atoms with E-state index in [1.807, 2.05) is 0 Å². The molecule has 0 radical (unpaired) electrons. The summed E-state index contributed by atoms with van der Waals surface area (Å²) in [6, 6.07) is 1.91. The van der Waals surface area contributed by atoms with Gasteiger partial charge in [0.15, 0.2) is 0 Å². The summed E-state index contributed by atoms with van der Waals surface area (Å²) in [6.07, 6.45) is -0.977. The third-order valence-electron chi connectivity index (χ3n) is 1.90. The van der Waals surface area contributed by atoms with Crippen molar-refractivity contribution >= 4 is 33.0 Å². The van der Waals surface area contributed by atoms with Gasteiger partial charge in [-0.25, -0.2) is 13.1 Å². The summed E-state index contributed by atoms with van der Waals surface area (Å²) in [5.74, 6) is 0. The molecule has 0 fully saturated rings. The van der Waals surface area contributed by atoms with Crippen LogP contribution >= 0.6 is 22.9 Å². The van der Waals surface area contributed by atoms with Gasteiger partial charge >= 0.3 is 0 Å². The predicted molar refractivity (Wildman–Crippen MR) is 62.2 cm³/mol. The topological polar surface area (TPSA) is 86.6 Å². The summed E-state index contributed by atoms with van der Waals surface area (Å²) in [5.41, 5.74) is 0. The lowest BCUT2D eigenvalue weighted by atomic mass is 10.2. The van der Waals surface area contributed by atoms with Gasteiger partial charge in [-0.05, 0) is 19.1 Å².